The van der Waals surface area contributed by atoms with E-state index in [1.54, 1.807) is 37.5 Å². The third-order valence-corrected chi connectivity index (χ3v) is 15.8. The molecule has 61 heavy (non-hydrogen) atoms. The molecule has 0 radical (unpaired) electrons. The Bertz CT molecular complexity index is 2130. The summed E-state index contributed by atoms with van der Waals surface area (Å²) in [5, 5.41) is 10.1. The van der Waals surface area contributed by atoms with Gasteiger partial charge < -0.3 is 14.6 Å². The summed E-state index contributed by atoms with van der Waals surface area (Å²) in [7, 11) is 0. The molecule has 4 fully saturated rings. The summed E-state index contributed by atoms with van der Waals surface area (Å²) in [6, 6.07) is 34.5. The fourth-order valence-corrected chi connectivity index (χ4v) is 12.9. The molecule has 0 bridgehead atoms. The molecular weight excluding hydrogens is 776 g/mol. The van der Waals surface area contributed by atoms with Crippen LogP contribution < -0.4 is 66.0 Å². The van der Waals surface area contributed by atoms with Crippen LogP contribution in [0.2, 0.25) is 0 Å². The van der Waals surface area contributed by atoms with Crippen molar-refractivity contribution in [1.82, 2.24) is 0 Å². The average Bonchev–Trinajstić information content (AvgIpc) is 3.76. The van der Waals surface area contributed by atoms with Gasteiger partial charge in [-0.3, -0.25) is 4.79 Å². The van der Waals surface area contributed by atoms with E-state index in [4.69, 9.17) is 9.47 Å². The van der Waals surface area contributed by atoms with Gasteiger partial charge >= 0.3 is 51.4 Å². The number of carbonyl (C=O) groups excluding carboxylic acids is 1. The molecule has 4 saturated carbocycles. The fourth-order valence-electron chi connectivity index (χ4n) is 12.9. The largest absolute Gasteiger partial charge is 1.00 e. The minimum absolute atomic E-state index is 0. The van der Waals surface area contributed by atoms with Gasteiger partial charge in [0.15, 0.2) is 0 Å². The van der Waals surface area contributed by atoms with E-state index in [1.165, 1.54) is 73.6 Å². The standard InChI is InChI=1S/C27H32O.C25H28O2.C4H9O.K/c1-3-21-10-14-26-25-12-9-20-17-22(28-18-19-7-5-4-6-8-19)11-13-23(20)24(25)15-16-27(21,26)2;1-25-14-13-21-20-10-8-19(27-16-17-5-3-2-4-6-17)15-18(20)7-9-22(21)23(25)11-12-24(25)26;1-4(2,3)5;/h3-8,11,13,17,24-26H,9-10,12,14-16,18H2,1-2H3;2-6,8,10,15,21-23H,7,9,11-14,16H2,1H3;1-3H3;/q;;-1;+1/t24-,25-,26+,27-;21-,22-,23+,25+;;/m11../s1. The number of aryl methyl sites for hydroxylation is 2. The monoisotopic (exact) mass is 844 g/mol. The summed E-state index contributed by atoms with van der Waals surface area (Å²) in [4.78, 5) is 12.5. The molecule has 0 aromatic heterocycles. The van der Waals surface area contributed by atoms with Crippen LogP contribution in [-0.4, -0.2) is 11.4 Å². The molecule has 0 amide bonds. The minimum atomic E-state index is -0.750. The second-order valence-electron chi connectivity index (χ2n) is 20.4. The molecule has 6 aliphatic carbocycles. The summed E-state index contributed by atoms with van der Waals surface area (Å²) in [6.07, 6.45) is 17.0. The van der Waals surface area contributed by atoms with Crippen LogP contribution in [0.3, 0.4) is 0 Å². The summed E-state index contributed by atoms with van der Waals surface area (Å²) < 4.78 is 12.1. The fraction of sp³-hybridized carbons (Fsp3) is 0.518. The van der Waals surface area contributed by atoms with Crippen LogP contribution in [0, 0.1) is 34.5 Å². The number of rotatable bonds is 6. The van der Waals surface area contributed by atoms with E-state index in [0.29, 0.717) is 42.2 Å². The number of fused-ring (bicyclic) bond motifs is 10. The van der Waals surface area contributed by atoms with Gasteiger partial charge in [-0.15, -0.1) is 5.60 Å². The van der Waals surface area contributed by atoms with Crippen molar-refractivity contribution >= 4 is 5.78 Å². The molecule has 6 aliphatic rings. The smallest absolute Gasteiger partial charge is 0.850 e. The van der Waals surface area contributed by atoms with Gasteiger partial charge in [-0.2, -0.15) is 0 Å². The van der Waals surface area contributed by atoms with Crippen molar-refractivity contribution < 1.29 is 70.8 Å². The molecule has 318 valence electrons. The third-order valence-electron chi connectivity index (χ3n) is 15.8. The summed E-state index contributed by atoms with van der Waals surface area (Å²) >= 11 is 0. The first-order valence-corrected chi connectivity index (χ1v) is 23.3. The van der Waals surface area contributed by atoms with Gasteiger partial charge in [-0.1, -0.05) is 119 Å². The number of allylic oxidation sites excluding steroid dienone is 2. The predicted molar refractivity (Wildman–Crippen MR) is 242 cm³/mol. The molecule has 0 heterocycles. The maximum atomic E-state index is 12.5. The number of hydrogen-bond donors (Lipinski definition) is 0. The zero-order chi connectivity index (χ0) is 42.1. The Morgan fingerprint density at radius 2 is 1.07 bits per heavy atom. The molecule has 0 spiro atoms. The minimum Gasteiger partial charge on any atom is -0.850 e. The molecule has 0 unspecified atom stereocenters. The van der Waals surface area contributed by atoms with Crippen LogP contribution in [0.1, 0.15) is 151 Å². The molecule has 4 nitrogen and oxygen atoms in total. The molecule has 0 aliphatic heterocycles. The molecule has 5 heteroatoms. The number of ether oxygens (including phenoxy) is 2. The van der Waals surface area contributed by atoms with Gasteiger partial charge in [0.2, 0.25) is 0 Å². The molecule has 4 aromatic carbocycles. The number of hydrogen-bond acceptors (Lipinski definition) is 4. The second-order valence-corrected chi connectivity index (χ2v) is 20.4. The van der Waals surface area contributed by atoms with Crippen molar-refractivity contribution in [3.8, 4) is 11.5 Å². The van der Waals surface area contributed by atoms with Gasteiger partial charge in [-0.25, -0.2) is 0 Å². The van der Waals surface area contributed by atoms with Gasteiger partial charge in [0.05, 0.1) is 0 Å². The Morgan fingerprint density at radius 3 is 1.54 bits per heavy atom. The molecule has 8 atom stereocenters. The molecule has 10 rings (SSSR count). The van der Waals surface area contributed by atoms with E-state index in [9.17, 15) is 9.90 Å². The molecular formula is C56H69KO4. The quantitative estimate of drug-likeness (QED) is 0.143. The van der Waals surface area contributed by atoms with Crippen molar-refractivity contribution in [2.24, 2.45) is 34.5 Å². The van der Waals surface area contributed by atoms with Crippen LogP contribution in [-0.2, 0) is 30.8 Å². The first kappa shape index (κ1) is 46.5. The topological polar surface area (TPSA) is 58.6 Å². The first-order chi connectivity index (χ1) is 28.8. The number of Topliss-reactive ketones (excluding diaryl/α,β-unsaturated/α-hetero) is 1. The predicted octanol–water partition coefficient (Wildman–Crippen LogP) is 9.91. The average molecular weight is 845 g/mol. The Hall–Kier alpha value is -2.51. The van der Waals surface area contributed by atoms with E-state index in [0.717, 1.165) is 54.9 Å². The first-order valence-electron chi connectivity index (χ1n) is 23.3. The van der Waals surface area contributed by atoms with Crippen LogP contribution in [0.25, 0.3) is 0 Å². The maximum Gasteiger partial charge on any atom is 1.00 e. The summed E-state index contributed by atoms with van der Waals surface area (Å²) in [5.41, 5.74) is 10.0. The number of carbonyl (C=O) groups is 1. The van der Waals surface area contributed by atoms with Gasteiger partial charge in [0.25, 0.3) is 0 Å². The molecule has 0 saturated heterocycles. The van der Waals surface area contributed by atoms with Gasteiger partial charge in [0.1, 0.15) is 30.5 Å². The summed E-state index contributed by atoms with van der Waals surface area (Å²) in [5.74, 6) is 7.00. The van der Waals surface area contributed by atoms with Crippen LogP contribution in [0.5, 0.6) is 11.5 Å². The van der Waals surface area contributed by atoms with E-state index < -0.39 is 5.60 Å². The Balaban J connectivity index is 0.000000164. The van der Waals surface area contributed by atoms with Gasteiger partial charge in [0, 0.05) is 11.8 Å². The van der Waals surface area contributed by atoms with Gasteiger partial charge in [-0.05, 0) is 176 Å². The van der Waals surface area contributed by atoms with E-state index in [2.05, 4.69) is 118 Å². The van der Waals surface area contributed by atoms with Crippen molar-refractivity contribution in [1.29, 1.82) is 0 Å². The third kappa shape index (κ3) is 10.2. The van der Waals surface area contributed by atoms with Crippen molar-refractivity contribution in [3.63, 3.8) is 0 Å². The van der Waals surface area contributed by atoms with Crippen molar-refractivity contribution in [2.75, 3.05) is 0 Å². The normalized spacial score (nSPS) is 30.0. The second kappa shape index (κ2) is 19.7. The molecule has 4 aromatic rings. The molecule has 0 N–H and O–H groups in total. The van der Waals surface area contributed by atoms with E-state index in [1.807, 2.05) is 6.07 Å². The van der Waals surface area contributed by atoms with Crippen molar-refractivity contribution in [3.05, 3.63) is 142 Å². The zero-order valence-corrected chi connectivity index (χ0v) is 41.4. The Labute approximate surface area is 410 Å². The summed E-state index contributed by atoms with van der Waals surface area (Å²) in [6.45, 7) is 13.2. The Morgan fingerprint density at radius 1 is 0.623 bits per heavy atom. The number of ketones is 1. The van der Waals surface area contributed by atoms with Crippen molar-refractivity contribution in [2.45, 2.75) is 149 Å². The zero-order valence-electron chi connectivity index (χ0n) is 38.3. The van der Waals surface area contributed by atoms with Crippen LogP contribution in [0.4, 0.5) is 0 Å². The van der Waals surface area contributed by atoms with E-state index in [-0.39, 0.29) is 56.8 Å². The van der Waals surface area contributed by atoms with Crippen LogP contribution >= 0.6 is 0 Å². The van der Waals surface area contributed by atoms with E-state index >= 15 is 0 Å². The Kier molecular flexibility index (Phi) is 15.0. The van der Waals surface area contributed by atoms with Crippen LogP contribution in [0.15, 0.2) is 109 Å². The maximum absolute atomic E-state index is 12.5. The SMILES string of the molecule is CC(C)(C)[O-].CC=C1CC[C@H]2[C@@H]3CCc4cc(OCc5ccccc5)ccc4[C@H]3CC[C@]12C.C[C@]12CC[C@@H]3c4ccc(OCc5ccccc5)cc4CC[C@H]3[C@@H]1CCC2=O.[K+]. The number of benzene rings is 4.